The highest BCUT2D eigenvalue weighted by atomic mass is 15.1. The van der Waals surface area contributed by atoms with E-state index >= 15 is 0 Å². The van der Waals surface area contributed by atoms with Gasteiger partial charge in [-0.1, -0.05) is 0 Å². The molecule has 3 nitrogen and oxygen atoms in total. The molecule has 0 spiro atoms. The molecule has 1 aliphatic carbocycles. The maximum Gasteiger partial charge on any atom is 0.109 e. The number of hydrogen-bond acceptors (Lipinski definition) is 2. The molecule has 1 saturated carbocycles. The molecular weight excluding hydrogens is 174 g/mol. The number of aryl methyl sites for hydroxylation is 1. The monoisotopic (exact) mass is 191 g/mol. The zero-order valence-electron chi connectivity index (χ0n) is 8.66. The summed E-state index contributed by atoms with van der Waals surface area (Å²) in [5.41, 5.74) is 7.71. The lowest BCUT2D eigenvalue weighted by atomic mass is 9.88. The highest BCUT2D eigenvalue weighted by molar-refractivity contribution is 5.12. The van der Waals surface area contributed by atoms with Gasteiger partial charge >= 0.3 is 0 Å². The van der Waals surface area contributed by atoms with Crippen LogP contribution in [0.25, 0.3) is 0 Å². The van der Waals surface area contributed by atoms with Gasteiger partial charge in [-0.25, -0.2) is 4.98 Å². The van der Waals surface area contributed by atoms with Crippen molar-refractivity contribution in [1.82, 2.24) is 9.55 Å². The van der Waals surface area contributed by atoms with Crippen LogP contribution in [0.3, 0.4) is 0 Å². The molecule has 1 aromatic rings. The Bertz CT molecular complexity index is 363. The van der Waals surface area contributed by atoms with E-state index < -0.39 is 0 Å². The first-order valence-electron chi connectivity index (χ1n) is 5.49. The fourth-order valence-corrected chi connectivity index (χ4v) is 2.63. The number of nitrogens with two attached hydrogens (primary N) is 1. The van der Waals surface area contributed by atoms with Gasteiger partial charge in [0.15, 0.2) is 0 Å². The number of imidazole rings is 1. The van der Waals surface area contributed by atoms with E-state index in [0.717, 1.165) is 13.0 Å². The Kier molecular flexibility index (Phi) is 1.57. The van der Waals surface area contributed by atoms with Gasteiger partial charge in [-0.15, -0.1) is 0 Å². The van der Waals surface area contributed by atoms with E-state index in [1.54, 1.807) is 0 Å². The molecule has 1 unspecified atom stereocenters. The van der Waals surface area contributed by atoms with Crippen LogP contribution in [0.15, 0.2) is 6.20 Å². The van der Waals surface area contributed by atoms with Crippen LogP contribution in [0.1, 0.15) is 30.8 Å². The lowest BCUT2D eigenvalue weighted by Gasteiger charge is -2.28. The van der Waals surface area contributed by atoms with E-state index in [4.69, 9.17) is 5.73 Å². The summed E-state index contributed by atoms with van der Waals surface area (Å²) in [6.07, 6.45) is 6.74. The third-order valence-corrected chi connectivity index (χ3v) is 3.91. The Morgan fingerprint density at radius 3 is 3.07 bits per heavy atom. The largest absolute Gasteiger partial charge is 0.332 e. The summed E-state index contributed by atoms with van der Waals surface area (Å²) >= 11 is 0. The molecule has 76 valence electrons. The topological polar surface area (TPSA) is 43.8 Å². The van der Waals surface area contributed by atoms with Crippen molar-refractivity contribution >= 4 is 0 Å². The molecule has 1 atom stereocenters. The highest BCUT2D eigenvalue weighted by Crippen LogP contribution is 2.44. The molecule has 0 bridgehead atoms. The van der Waals surface area contributed by atoms with Crippen molar-refractivity contribution in [3.05, 3.63) is 17.7 Å². The Balaban J connectivity index is 1.87. The maximum absolute atomic E-state index is 6.25. The molecule has 0 saturated heterocycles. The third-order valence-electron chi connectivity index (χ3n) is 3.91. The first-order valence-corrected chi connectivity index (χ1v) is 5.49. The Labute approximate surface area is 84.3 Å². The van der Waals surface area contributed by atoms with Gasteiger partial charge in [0, 0.05) is 30.4 Å². The van der Waals surface area contributed by atoms with E-state index in [1.807, 2.05) is 6.20 Å². The van der Waals surface area contributed by atoms with Crippen molar-refractivity contribution in [2.45, 2.75) is 44.7 Å². The Morgan fingerprint density at radius 2 is 2.36 bits per heavy atom. The number of fused-ring (bicyclic) bond motifs is 1. The van der Waals surface area contributed by atoms with Gasteiger partial charge in [-0.05, 0) is 32.1 Å². The predicted molar refractivity (Wildman–Crippen MR) is 54.9 cm³/mol. The van der Waals surface area contributed by atoms with Gasteiger partial charge in [0.05, 0.1) is 0 Å². The predicted octanol–water partition coefficient (Wildman–Crippen LogP) is 1.25. The number of rotatable bonds is 1. The van der Waals surface area contributed by atoms with Crippen molar-refractivity contribution in [3.8, 4) is 0 Å². The molecular formula is C11H17N3. The van der Waals surface area contributed by atoms with Crippen LogP contribution in [-0.4, -0.2) is 15.1 Å². The number of hydrogen-bond donors (Lipinski definition) is 1. The number of aromatic nitrogens is 2. The van der Waals surface area contributed by atoms with Gasteiger partial charge < -0.3 is 10.3 Å². The molecule has 14 heavy (non-hydrogen) atoms. The number of nitrogens with zero attached hydrogens (tertiary/aromatic N) is 2. The first kappa shape index (κ1) is 8.48. The average Bonchev–Trinajstić information content (AvgIpc) is 2.84. The second-order valence-electron chi connectivity index (χ2n) is 4.89. The maximum atomic E-state index is 6.25. The molecule has 1 fully saturated rings. The summed E-state index contributed by atoms with van der Waals surface area (Å²) in [4.78, 5) is 4.46. The van der Waals surface area contributed by atoms with Gasteiger partial charge in [-0.3, -0.25) is 0 Å². The average molecular weight is 191 g/mol. The summed E-state index contributed by atoms with van der Waals surface area (Å²) < 4.78 is 2.34. The fourth-order valence-electron chi connectivity index (χ4n) is 2.63. The van der Waals surface area contributed by atoms with Gasteiger partial charge in [0.1, 0.15) is 5.82 Å². The van der Waals surface area contributed by atoms with Crippen LogP contribution in [0.4, 0.5) is 0 Å². The summed E-state index contributed by atoms with van der Waals surface area (Å²) in [5, 5.41) is 0. The van der Waals surface area contributed by atoms with Crippen LogP contribution in [0.2, 0.25) is 0 Å². The summed E-state index contributed by atoms with van der Waals surface area (Å²) in [5.74, 6) is 1.92. The molecule has 1 aromatic heterocycles. The summed E-state index contributed by atoms with van der Waals surface area (Å²) in [7, 11) is 0. The van der Waals surface area contributed by atoms with Crippen molar-refractivity contribution in [2.24, 2.45) is 11.7 Å². The Morgan fingerprint density at radius 1 is 1.57 bits per heavy atom. The molecule has 3 heteroatoms. The van der Waals surface area contributed by atoms with E-state index in [2.05, 4.69) is 16.5 Å². The zero-order valence-corrected chi connectivity index (χ0v) is 8.66. The molecule has 2 aliphatic rings. The molecule has 1 aliphatic heterocycles. The second kappa shape index (κ2) is 2.60. The lowest BCUT2D eigenvalue weighted by molar-refractivity contribution is 0.309. The van der Waals surface area contributed by atoms with Crippen LogP contribution in [0, 0.1) is 12.8 Å². The summed E-state index contributed by atoms with van der Waals surface area (Å²) in [6.45, 7) is 3.25. The third kappa shape index (κ3) is 1.12. The molecule has 0 amide bonds. The van der Waals surface area contributed by atoms with Crippen molar-refractivity contribution in [1.29, 1.82) is 0 Å². The van der Waals surface area contributed by atoms with Gasteiger partial charge in [0.25, 0.3) is 0 Å². The van der Waals surface area contributed by atoms with Crippen molar-refractivity contribution in [2.75, 3.05) is 0 Å². The minimum Gasteiger partial charge on any atom is -0.332 e. The van der Waals surface area contributed by atoms with Crippen molar-refractivity contribution in [3.63, 3.8) is 0 Å². The van der Waals surface area contributed by atoms with Crippen LogP contribution < -0.4 is 5.73 Å². The lowest BCUT2D eigenvalue weighted by Crippen LogP contribution is -2.37. The van der Waals surface area contributed by atoms with Gasteiger partial charge in [0.2, 0.25) is 0 Å². The zero-order chi connectivity index (χ0) is 9.76. The molecule has 0 radical (unpaired) electrons. The molecule has 0 aromatic carbocycles. The van der Waals surface area contributed by atoms with E-state index in [0.29, 0.717) is 5.92 Å². The van der Waals surface area contributed by atoms with Crippen LogP contribution in [0.5, 0.6) is 0 Å². The minimum absolute atomic E-state index is 0.172. The Hall–Kier alpha value is -0.830. The SMILES string of the molecule is Cc1cnc2n1CCC(C1(N)CC1)C2. The van der Waals surface area contributed by atoms with Gasteiger partial charge in [-0.2, -0.15) is 0 Å². The molecule has 2 heterocycles. The van der Waals surface area contributed by atoms with Crippen LogP contribution in [-0.2, 0) is 13.0 Å². The first-order chi connectivity index (χ1) is 6.69. The van der Waals surface area contributed by atoms with Crippen LogP contribution >= 0.6 is 0 Å². The van der Waals surface area contributed by atoms with Crippen molar-refractivity contribution < 1.29 is 0 Å². The van der Waals surface area contributed by atoms with E-state index in [-0.39, 0.29) is 5.54 Å². The minimum atomic E-state index is 0.172. The molecule has 2 N–H and O–H groups in total. The summed E-state index contributed by atoms with van der Waals surface area (Å²) in [6, 6.07) is 0. The van der Waals surface area contributed by atoms with E-state index in [1.165, 1.54) is 30.8 Å². The smallest absolute Gasteiger partial charge is 0.109 e. The highest BCUT2D eigenvalue weighted by Gasteiger charge is 2.46. The quantitative estimate of drug-likeness (QED) is 0.726. The fraction of sp³-hybridized carbons (Fsp3) is 0.727. The standard InChI is InChI=1S/C11H17N3/c1-8-7-13-10-6-9(2-5-14(8)10)11(12)3-4-11/h7,9H,2-6,12H2,1H3. The normalized spacial score (nSPS) is 28.6. The second-order valence-corrected chi connectivity index (χ2v) is 4.89. The molecule has 3 rings (SSSR count). The van der Waals surface area contributed by atoms with E-state index in [9.17, 15) is 0 Å².